The second kappa shape index (κ2) is 8.03. The molecule has 2 N–H and O–H groups in total. The zero-order valence-electron chi connectivity index (χ0n) is 19.1. The van der Waals surface area contributed by atoms with Crippen LogP contribution in [0.3, 0.4) is 0 Å². The van der Waals surface area contributed by atoms with Gasteiger partial charge in [0.1, 0.15) is 5.75 Å². The van der Waals surface area contributed by atoms with E-state index in [1.807, 2.05) is 0 Å². The molecule has 0 aliphatic rings. The first-order valence-electron chi connectivity index (χ1n) is 10.3. The van der Waals surface area contributed by atoms with Crippen molar-refractivity contribution in [3.63, 3.8) is 0 Å². The fraction of sp³-hybridized carbons (Fsp3) is 0.263. The lowest BCUT2D eigenvalue weighted by Gasteiger charge is -2.21. The lowest BCUT2D eigenvalue weighted by Crippen LogP contribution is -2.37. The molecular formula is C19H20ClNO4. The van der Waals surface area contributed by atoms with Gasteiger partial charge in [-0.3, -0.25) is 4.79 Å². The van der Waals surface area contributed by atoms with E-state index in [1.54, 1.807) is 24.3 Å². The molecule has 6 heteroatoms. The summed E-state index contributed by atoms with van der Waals surface area (Å²) in [5, 5.41) is 12.6. The van der Waals surface area contributed by atoms with Crippen LogP contribution >= 0.6 is 11.6 Å². The molecule has 0 atom stereocenters. The van der Waals surface area contributed by atoms with E-state index in [2.05, 4.69) is 5.32 Å². The van der Waals surface area contributed by atoms with E-state index in [0.29, 0.717) is 23.6 Å². The van der Waals surface area contributed by atoms with Crippen LogP contribution in [0.5, 0.6) is 5.75 Å². The van der Waals surface area contributed by atoms with Crippen molar-refractivity contribution in [3.8, 4) is 5.75 Å². The minimum Gasteiger partial charge on any atom is -0.478 e. The molecule has 5 nitrogen and oxygen atoms in total. The summed E-state index contributed by atoms with van der Waals surface area (Å²) in [6.07, 6.45) is 0.419. The van der Waals surface area contributed by atoms with Crippen LogP contribution in [0.25, 0.3) is 0 Å². The van der Waals surface area contributed by atoms with Gasteiger partial charge in [-0.15, -0.1) is 0 Å². The molecule has 0 aromatic heterocycles. The van der Waals surface area contributed by atoms with Gasteiger partial charge >= 0.3 is 5.97 Å². The van der Waals surface area contributed by atoms with Gasteiger partial charge in [0.2, 0.25) is 0 Å². The van der Waals surface area contributed by atoms with Gasteiger partial charge < -0.3 is 15.2 Å². The number of hydrogen-bond acceptors (Lipinski definition) is 3. The Morgan fingerprint density at radius 3 is 2.36 bits per heavy atom. The minimum absolute atomic E-state index is 0.219. The maximum atomic E-state index is 12.1. The number of nitrogens with one attached hydrogen (secondary N) is 1. The first-order valence-corrected chi connectivity index (χ1v) is 7.71. The van der Waals surface area contributed by atoms with E-state index in [-0.39, 0.29) is 11.7 Å². The van der Waals surface area contributed by atoms with Crippen LogP contribution in [-0.4, -0.2) is 29.1 Å². The van der Waals surface area contributed by atoms with E-state index in [0.717, 1.165) is 5.56 Å². The lowest BCUT2D eigenvalue weighted by molar-refractivity contribution is -0.152. The number of amides is 1. The molecule has 0 fully saturated rings. The molecule has 132 valence electrons. The Morgan fingerprint density at radius 1 is 1.16 bits per heavy atom. The standard InChI is InChI=1S/C19H20ClNO4/c1-19(2,18(23)24)25-16-9-3-13(4-10-16)11-12-21-17(22)14-5-7-15(20)8-6-14/h3-10H,11-12H2,1-2H3,(H,21,22)(H,23,24)/i1D3,2D3. The van der Waals surface area contributed by atoms with Crippen molar-refractivity contribution in [1.29, 1.82) is 0 Å². The second-order valence-corrected chi connectivity index (χ2v) is 5.68. The Balaban J connectivity index is 2.06. The summed E-state index contributed by atoms with van der Waals surface area (Å²) in [5.41, 5.74) is -2.23. The largest absolute Gasteiger partial charge is 0.478 e. The highest BCUT2D eigenvalue weighted by atomic mass is 35.5. The Kier molecular flexibility index (Phi) is 3.83. The number of ether oxygens (including phenoxy) is 1. The highest BCUT2D eigenvalue weighted by Crippen LogP contribution is 2.19. The molecule has 2 aromatic carbocycles. The highest BCUT2D eigenvalue weighted by molar-refractivity contribution is 6.30. The minimum atomic E-state index is -3.45. The Morgan fingerprint density at radius 2 is 1.80 bits per heavy atom. The fourth-order valence-corrected chi connectivity index (χ4v) is 2.09. The molecule has 2 rings (SSSR count). The third-order valence-corrected chi connectivity index (χ3v) is 3.55. The quantitative estimate of drug-likeness (QED) is 0.784. The van der Waals surface area contributed by atoms with Crippen molar-refractivity contribution in [2.24, 2.45) is 0 Å². The average Bonchev–Trinajstić information content (AvgIpc) is 2.65. The predicted octanol–water partition coefficient (Wildman–Crippen LogP) is 3.55. The van der Waals surface area contributed by atoms with E-state index < -0.39 is 25.3 Å². The van der Waals surface area contributed by atoms with Gasteiger partial charge in [-0.1, -0.05) is 23.7 Å². The molecule has 0 unspecified atom stereocenters. The van der Waals surface area contributed by atoms with Crippen LogP contribution in [0.1, 0.15) is 37.8 Å². The summed E-state index contributed by atoms with van der Waals surface area (Å²) in [7, 11) is 0. The van der Waals surface area contributed by atoms with Crippen molar-refractivity contribution in [3.05, 3.63) is 64.7 Å². The summed E-state index contributed by atoms with van der Waals surface area (Å²) in [5.74, 6) is -2.61. The Bertz CT molecular complexity index is 912. The van der Waals surface area contributed by atoms with Crippen LogP contribution in [0.4, 0.5) is 0 Å². The summed E-state index contributed by atoms with van der Waals surface area (Å²) in [6, 6.07) is 12.0. The SMILES string of the molecule is [2H]C([2H])([2H])C(Oc1ccc(CCNC(=O)c2ccc(Cl)cc2)cc1)(C(=O)O)C([2H])([2H])[2H]. The lowest BCUT2D eigenvalue weighted by atomic mass is 10.1. The smallest absolute Gasteiger partial charge is 0.347 e. The number of halogens is 1. The molecule has 0 spiro atoms. The molecule has 0 bridgehead atoms. The molecule has 25 heavy (non-hydrogen) atoms. The summed E-state index contributed by atoms with van der Waals surface area (Å²) < 4.78 is 49.7. The van der Waals surface area contributed by atoms with Crippen LogP contribution in [0.2, 0.25) is 5.02 Å². The molecule has 0 aliphatic heterocycles. The highest BCUT2D eigenvalue weighted by Gasteiger charge is 2.29. The summed E-state index contributed by atoms with van der Waals surface area (Å²) >= 11 is 5.78. The number of carboxylic acid groups (broad SMARTS) is 1. The number of rotatable bonds is 7. The van der Waals surface area contributed by atoms with Crippen molar-refractivity contribution >= 4 is 23.5 Å². The van der Waals surface area contributed by atoms with Gasteiger partial charge in [-0.2, -0.15) is 0 Å². The van der Waals surface area contributed by atoms with Crippen LogP contribution in [-0.2, 0) is 11.2 Å². The topological polar surface area (TPSA) is 75.6 Å². The summed E-state index contributed by atoms with van der Waals surface area (Å²) in [4.78, 5) is 23.7. The van der Waals surface area contributed by atoms with Gasteiger partial charge in [0, 0.05) is 25.4 Å². The van der Waals surface area contributed by atoms with Gasteiger partial charge in [0.15, 0.2) is 5.60 Å². The predicted molar refractivity (Wildman–Crippen MR) is 96.3 cm³/mol. The van der Waals surface area contributed by atoms with Crippen molar-refractivity contribution < 1.29 is 27.7 Å². The Hall–Kier alpha value is -2.53. The number of carboxylic acids is 1. The van der Waals surface area contributed by atoms with Crippen molar-refractivity contribution in [2.75, 3.05) is 6.54 Å². The van der Waals surface area contributed by atoms with Gasteiger partial charge in [0.25, 0.3) is 5.91 Å². The normalized spacial score (nSPS) is 15.6. The molecule has 1 amide bonds. The average molecular weight is 368 g/mol. The fourth-order valence-electron chi connectivity index (χ4n) is 1.97. The molecule has 0 saturated carbocycles. The van der Waals surface area contributed by atoms with E-state index in [1.165, 1.54) is 24.3 Å². The van der Waals surface area contributed by atoms with E-state index >= 15 is 0 Å². The van der Waals surface area contributed by atoms with Crippen molar-refractivity contribution in [1.82, 2.24) is 5.32 Å². The van der Waals surface area contributed by atoms with Gasteiger partial charge in [-0.25, -0.2) is 4.79 Å². The first kappa shape index (κ1) is 11.9. The van der Waals surface area contributed by atoms with E-state index in [9.17, 15) is 14.7 Å². The molecule has 0 radical (unpaired) electrons. The zero-order chi connectivity index (χ0) is 23.4. The molecule has 2 aromatic rings. The third kappa shape index (κ3) is 5.50. The number of carbonyl (C=O) groups is 2. The number of hydrogen-bond donors (Lipinski definition) is 2. The Labute approximate surface area is 160 Å². The molecule has 0 heterocycles. The maximum Gasteiger partial charge on any atom is 0.347 e. The third-order valence-electron chi connectivity index (χ3n) is 3.30. The molecule has 0 aliphatic carbocycles. The van der Waals surface area contributed by atoms with Gasteiger partial charge in [-0.05, 0) is 62.1 Å². The van der Waals surface area contributed by atoms with E-state index in [4.69, 9.17) is 24.6 Å². The monoisotopic (exact) mass is 367 g/mol. The summed E-state index contributed by atoms with van der Waals surface area (Å²) in [6.45, 7) is -6.60. The van der Waals surface area contributed by atoms with Crippen LogP contribution < -0.4 is 10.1 Å². The maximum absolute atomic E-state index is 12.1. The van der Waals surface area contributed by atoms with Crippen LogP contribution in [0.15, 0.2) is 48.5 Å². The first-order chi connectivity index (χ1) is 14.3. The second-order valence-electron chi connectivity index (χ2n) is 5.25. The van der Waals surface area contributed by atoms with Gasteiger partial charge in [0.05, 0.1) is 0 Å². The number of aliphatic carboxylic acids is 1. The molecular weight excluding hydrogens is 342 g/mol. The van der Waals surface area contributed by atoms with Crippen molar-refractivity contribution in [2.45, 2.75) is 25.7 Å². The zero-order valence-corrected chi connectivity index (χ0v) is 13.8. The number of carbonyl (C=O) groups excluding carboxylic acids is 1. The molecule has 0 saturated heterocycles. The van der Waals surface area contributed by atoms with Crippen LogP contribution in [0, 0.1) is 0 Å². The number of benzene rings is 2.